The van der Waals surface area contributed by atoms with E-state index in [0.29, 0.717) is 46.0 Å². The highest BCUT2D eigenvalue weighted by atomic mass is 19.1. The molecule has 3 aliphatic rings. The first-order valence-corrected chi connectivity index (χ1v) is 20.2. The molecule has 4 heterocycles. The second-order valence-electron chi connectivity index (χ2n) is 15.7. The van der Waals surface area contributed by atoms with Crippen LogP contribution in [0.4, 0.5) is 18.4 Å². The Morgan fingerprint density at radius 2 is 1.23 bits per heavy atom. The fourth-order valence-electron chi connectivity index (χ4n) is 8.82. The lowest BCUT2D eigenvalue weighted by atomic mass is 9.95. The van der Waals surface area contributed by atoms with Crippen molar-refractivity contribution < 1.29 is 46.9 Å². The minimum Gasteiger partial charge on any atom is -0.461 e. The number of H-pyrrole nitrogens is 2. The molecule has 3 unspecified atom stereocenters. The van der Waals surface area contributed by atoms with E-state index >= 15 is 0 Å². The highest BCUT2D eigenvalue weighted by molar-refractivity contribution is 5.96. The number of likely N-dealkylation sites (tertiary alicyclic amines) is 2. The van der Waals surface area contributed by atoms with Gasteiger partial charge in [-0.05, 0) is 72.4 Å². The maximum Gasteiger partial charge on any atom is 0.410 e. The molecule has 2 N–H and O–H groups in total. The normalized spacial score (nSPS) is 21.2. The number of benzene rings is 3. The van der Waals surface area contributed by atoms with Crippen LogP contribution in [0.2, 0.25) is 0 Å². The number of allylic oxidation sites excluding steroid dienone is 3. The van der Waals surface area contributed by atoms with E-state index in [9.17, 15) is 28.0 Å². The number of aromatic amines is 2. The number of rotatable bonds is 11. The van der Waals surface area contributed by atoms with Crippen LogP contribution < -0.4 is 0 Å². The summed E-state index contributed by atoms with van der Waals surface area (Å²) < 4.78 is 52.5. The molecule has 312 valence electrons. The van der Waals surface area contributed by atoms with Crippen LogP contribution in [0.3, 0.4) is 0 Å². The predicted molar refractivity (Wildman–Crippen MR) is 219 cm³/mol. The van der Waals surface area contributed by atoms with Crippen molar-refractivity contribution in [3.8, 4) is 11.4 Å². The lowest BCUT2D eigenvalue weighted by Gasteiger charge is -2.25. The second-order valence-corrected chi connectivity index (χ2v) is 15.7. The fraction of sp³-hybridized carbons (Fsp3) is 0.348. The van der Waals surface area contributed by atoms with Crippen molar-refractivity contribution in [2.45, 2.75) is 76.9 Å². The standard InChI is InChI=1S/C46H46F2N4O8/c1-27(53)59-35-19-33(51(23-35)45(55)57-25-29-9-5-3-6-10-29)21-39-37-15-13-31(47)17-41(37)49-43(39)44-40(38-16-14-32(48)18-42(38)50-44)22-34-20-36(60-28(2)54)24-52(34)46(56)58-26-30-11-7-4-8-12-30/h3-11,13-18,30,33-36,49-50H,12,19-26H2,1-2H3/t30?,33?,34-,35?,36-/m0/s1. The Balaban J connectivity index is 1.16. The molecule has 14 heteroatoms. The molecule has 2 aliphatic heterocycles. The third-order valence-electron chi connectivity index (χ3n) is 11.4. The molecule has 12 nitrogen and oxygen atoms in total. The highest BCUT2D eigenvalue weighted by Gasteiger charge is 2.41. The van der Waals surface area contributed by atoms with Crippen LogP contribution in [0.5, 0.6) is 0 Å². The van der Waals surface area contributed by atoms with E-state index in [4.69, 9.17) is 18.9 Å². The number of hydrogen-bond donors (Lipinski definition) is 2. The van der Waals surface area contributed by atoms with Gasteiger partial charge in [0.1, 0.15) is 30.4 Å². The molecule has 8 rings (SSSR count). The topological polar surface area (TPSA) is 143 Å². The van der Waals surface area contributed by atoms with Crippen LogP contribution >= 0.6 is 0 Å². The molecule has 2 aromatic heterocycles. The van der Waals surface area contributed by atoms with Gasteiger partial charge in [0.25, 0.3) is 0 Å². The highest BCUT2D eigenvalue weighted by Crippen LogP contribution is 2.40. The Bertz CT molecular complexity index is 2480. The summed E-state index contributed by atoms with van der Waals surface area (Å²) in [5.41, 5.74) is 4.45. The monoisotopic (exact) mass is 820 g/mol. The van der Waals surface area contributed by atoms with Gasteiger partial charge in [0.05, 0.1) is 31.1 Å². The Morgan fingerprint density at radius 3 is 1.73 bits per heavy atom. The van der Waals surface area contributed by atoms with Crippen molar-refractivity contribution in [2.24, 2.45) is 5.92 Å². The first-order valence-electron chi connectivity index (χ1n) is 20.2. The van der Waals surface area contributed by atoms with Crippen molar-refractivity contribution in [3.63, 3.8) is 0 Å². The lowest BCUT2D eigenvalue weighted by molar-refractivity contribution is -0.146. The van der Waals surface area contributed by atoms with Gasteiger partial charge in [-0.3, -0.25) is 9.59 Å². The van der Waals surface area contributed by atoms with E-state index < -0.39 is 60.1 Å². The molecule has 0 bridgehead atoms. The third kappa shape index (κ3) is 8.92. The molecule has 1 aliphatic carbocycles. The number of carbonyl (C=O) groups is 4. The molecule has 2 fully saturated rings. The van der Waals surface area contributed by atoms with Gasteiger partial charge >= 0.3 is 24.1 Å². The Labute approximate surface area is 345 Å². The number of amides is 2. The second kappa shape index (κ2) is 17.4. The van der Waals surface area contributed by atoms with Crippen LogP contribution in [0.25, 0.3) is 33.2 Å². The summed E-state index contributed by atoms with van der Waals surface area (Å²) in [7, 11) is 0. The molecule has 2 saturated heterocycles. The van der Waals surface area contributed by atoms with Crippen LogP contribution in [0, 0.1) is 17.6 Å². The molecule has 0 radical (unpaired) electrons. The maximum atomic E-state index is 14.9. The summed E-state index contributed by atoms with van der Waals surface area (Å²) in [6.45, 7) is 3.13. The number of aromatic nitrogens is 2. The summed E-state index contributed by atoms with van der Waals surface area (Å²) >= 11 is 0. The lowest BCUT2D eigenvalue weighted by Crippen LogP contribution is -2.38. The van der Waals surface area contributed by atoms with Gasteiger partial charge in [-0.25, -0.2) is 18.4 Å². The number of halogens is 2. The number of hydrogen-bond acceptors (Lipinski definition) is 8. The Kier molecular flexibility index (Phi) is 11.7. The number of ether oxygens (including phenoxy) is 4. The van der Waals surface area contributed by atoms with E-state index in [1.165, 1.54) is 38.1 Å². The average Bonchev–Trinajstić information content (AvgIpc) is 3.99. The largest absolute Gasteiger partial charge is 0.461 e. The molecule has 5 atom stereocenters. The van der Waals surface area contributed by atoms with E-state index in [-0.39, 0.29) is 45.1 Å². The summed E-state index contributed by atoms with van der Waals surface area (Å²) in [6, 6.07) is 17.2. The zero-order chi connectivity index (χ0) is 41.9. The Morgan fingerprint density at radius 1 is 0.700 bits per heavy atom. The van der Waals surface area contributed by atoms with Crippen LogP contribution in [0.1, 0.15) is 49.8 Å². The quantitative estimate of drug-likeness (QED) is 0.100. The molecule has 0 saturated carbocycles. The van der Waals surface area contributed by atoms with Crippen molar-refractivity contribution in [1.29, 1.82) is 0 Å². The maximum absolute atomic E-state index is 14.9. The molecule has 3 aromatic carbocycles. The van der Waals surface area contributed by atoms with Gasteiger partial charge < -0.3 is 38.7 Å². The van der Waals surface area contributed by atoms with Crippen molar-refractivity contribution >= 4 is 45.9 Å². The molecule has 60 heavy (non-hydrogen) atoms. The zero-order valence-corrected chi connectivity index (χ0v) is 33.3. The zero-order valence-electron chi connectivity index (χ0n) is 33.3. The number of fused-ring (bicyclic) bond motifs is 2. The molecule has 0 spiro atoms. The molecular weight excluding hydrogens is 775 g/mol. The minimum absolute atomic E-state index is 0.0375. The average molecular weight is 821 g/mol. The summed E-state index contributed by atoms with van der Waals surface area (Å²) in [5.74, 6) is -1.82. The van der Waals surface area contributed by atoms with E-state index in [0.717, 1.165) is 23.1 Å². The summed E-state index contributed by atoms with van der Waals surface area (Å²) in [5, 5.41) is 1.40. The predicted octanol–water partition coefficient (Wildman–Crippen LogP) is 8.30. The minimum atomic E-state index is -0.585. The van der Waals surface area contributed by atoms with Crippen LogP contribution in [-0.4, -0.2) is 87.9 Å². The Hall–Kier alpha value is -6.44. The number of esters is 2. The van der Waals surface area contributed by atoms with E-state index in [1.54, 1.807) is 21.9 Å². The first kappa shape index (κ1) is 40.3. The summed E-state index contributed by atoms with van der Waals surface area (Å²) in [4.78, 5) is 61.7. The van der Waals surface area contributed by atoms with Crippen molar-refractivity contribution in [3.05, 3.63) is 119 Å². The van der Waals surface area contributed by atoms with Gasteiger partial charge in [-0.15, -0.1) is 0 Å². The van der Waals surface area contributed by atoms with Crippen LogP contribution in [0.15, 0.2) is 91.0 Å². The van der Waals surface area contributed by atoms with Crippen molar-refractivity contribution in [2.75, 3.05) is 19.7 Å². The van der Waals surface area contributed by atoms with E-state index in [1.807, 2.05) is 54.6 Å². The van der Waals surface area contributed by atoms with Gasteiger partial charge in [-0.1, -0.05) is 54.6 Å². The summed E-state index contributed by atoms with van der Waals surface area (Å²) in [6.07, 6.45) is 7.53. The van der Waals surface area contributed by atoms with Gasteiger partial charge in [0.15, 0.2) is 0 Å². The first-order chi connectivity index (χ1) is 29.0. The third-order valence-corrected chi connectivity index (χ3v) is 11.4. The fourth-order valence-corrected chi connectivity index (χ4v) is 8.82. The molecule has 2 amide bonds. The van der Waals surface area contributed by atoms with Crippen molar-refractivity contribution in [1.82, 2.24) is 19.8 Å². The number of carbonyl (C=O) groups excluding carboxylic acids is 4. The van der Waals surface area contributed by atoms with Gasteiger partial charge in [0, 0.05) is 66.5 Å². The number of nitrogens with zero attached hydrogens (tertiary/aromatic N) is 2. The van der Waals surface area contributed by atoms with Crippen LogP contribution in [-0.2, 0) is 48.0 Å². The van der Waals surface area contributed by atoms with Gasteiger partial charge in [0.2, 0.25) is 0 Å². The number of nitrogens with one attached hydrogen (secondary N) is 2. The molecule has 5 aromatic rings. The van der Waals surface area contributed by atoms with E-state index in [2.05, 4.69) is 9.97 Å². The smallest absolute Gasteiger partial charge is 0.410 e. The SMILES string of the molecule is CC(=O)OC1CC(Cc2c(-c3[nH]c4cc(F)ccc4c3C[C@@H]3C[C@H](OC(C)=O)CN3C(=O)OCC3C=CC=CC3)[nH]c3cc(F)ccc23)N(C(=O)OCc2ccccc2)C1. The van der Waals surface area contributed by atoms with Gasteiger partial charge in [-0.2, -0.15) is 0 Å². The molecular formula is C46H46F2N4O8.